The molecule has 0 aliphatic carbocycles. The Labute approximate surface area is 161 Å². The van der Waals surface area contributed by atoms with E-state index in [-0.39, 0.29) is 16.7 Å². The quantitative estimate of drug-likeness (QED) is 0.788. The molecule has 1 amide bonds. The lowest BCUT2D eigenvalue weighted by Crippen LogP contribution is -2.36. The number of nitrogens with zero attached hydrogens (tertiary/aromatic N) is 1. The van der Waals surface area contributed by atoms with Gasteiger partial charge in [-0.1, -0.05) is 11.6 Å². The summed E-state index contributed by atoms with van der Waals surface area (Å²) in [7, 11) is 0. The highest BCUT2D eigenvalue weighted by molar-refractivity contribution is 6.32. The molecule has 3 rings (SSSR count). The number of hydrogen-bond acceptors (Lipinski definition) is 5. The van der Waals surface area contributed by atoms with Crippen LogP contribution >= 0.6 is 11.6 Å². The number of morpholine rings is 1. The Morgan fingerprint density at radius 1 is 1.15 bits per heavy atom. The zero-order valence-electron chi connectivity index (χ0n) is 14.5. The van der Waals surface area contributed by atoms with Crippen molar-refractivity contribution >= 4 is 34.9 Å². The van der Waals surface area contributed by atoms with Crippen molar-refractivity contribution in [2.75, 3.05) is 43.1 Å². The standard InChI is InChI=1S/C19H19ClN2O5/c20-16-11-14(3-6-17(16)27-12-18(23)24)21-19(25)13-1-4-15(5-2-13)22-7-9-26-10-8-22/h1-6,11H,7-10,12H2,(H,21,25)(H,23,24). The summed E-state index contributed by atoms with van der Waals surface area (Å²) in [6.45, 7) is 2.59. The molecule has 2 aromatic carbocycles. The fraction of sp³-hybridized carbons (Fsp3) is 0.263. The highest BCUT2D eigenvalue weighted by atomic mass is 35.5. The number of rotatable bonds is 6. The van der Waals surface area contributed by atoms with Gasteiger partial charge in [-0.2, -0.15) is 0 Å². The summed E-state index contributed by atoms with van der Waals surface area (Å²) < 4.78 is 10.4. The molecule has 8 heteroatoms. The molecule has 0 spiro atoms. The van der Waals surface area contributed by atoms with Gasteiger partial charge in [-0.05, 0) is 42.5 Å². The van der Waals surface area contributed by atoms with Crippen LogP contribution in [0.15, 0.2) is 42.5 Å². The summed E-state index contributed by atoms with van der Waals surface area (Å²) in [5.74, 6) is -1.12. The Morgan fingerprint density at radius 2 is 1.85 bits per heavy atom. The molecule has 0 saturated carbocycles. The molecule has 0 aromatic heterocycles. The summed E-state index contributed by atoms with van der Waals surface area (Å²) in [6, 6.07) is 12.0. The van der Waals surface area contributed by atoms with Gasteiger partial charge >= 0.3 is 5.97 Å². The van der Waals surface area contributed by atoms with Crippen molar-refractivity contribution in [3.8, 4) is 5.75 Å². The number of hydrogen-bond donors (Lipinski definition) is 2. The zero-order valence-corrected chi connectivity index (χ0v) is 15.2. The van der Waals surface area contributed by atoms with E-state index in [1.165, 1.54) is 12.1 Å². The molecular formula is C19H19ClN2O5. The molecule has 0 atom stereocenters. The average molecular weight is 391 g/mol. The second-order valence-electron chi connectivity index (χ2n) is 5.93. The van der Waals surface area contributed by atoms with Crippen molar-refractivity contribution in [1.29, 1.82) is 0 Å². The maximum absolute atomic E-state index is 12.4. The Kier molecular flexibility index (Phi) is 6.16. The Balaban J connectivity index is 1.62. The van der Waals surface area contributed by atoms with Gasteiger partial charge in [0, 0.05) is 30.0 Å². The van der Waals surface area contributed by atoms with Gasteiger partial charge in [-0.15, -0.1) is 0 Å². The van der Waals surface area contributed by atoms with E-state index in [2.05, 4.69) is 10.2 Å². The van der Waals surface area contributed by atoms with Gasteiger partial charge in [0.15, 0.2) is 6.61 Å². The predicted octanol–water partition coefficient (Wildman–Crippen LogP) is 2.89. The Hall–Kier alpha value is -2.77. The zero-order chi connectivity index (χ0) is 19.2. The van der Waals surface area contributed by atoms with Crippen LogP contribution in [0.4, 0.5) is 11.4 Å². The third-order valence-corrected chi connectivity index (χ3v) is 4.34. The number of carboxylic acid groups (broad SMARTS) is 1. The summed E-state index contributed by atoms with van der Waals surface area (Å²) in [4.78, 5) is 25.2. The maximum Gasteiger partial charge on any atom is 0.341 e. The minimum atomic E-state index is -1.09. The number of ether oxygens (including phenoxy) is 2. The summed E-state index contributed by atoms with van der Waals surface area (Å²) in [5.41, 5.74) is 2.07. The molecule has 0 radical (unpaired) electrons. The van der Waals surface area contributed by atoms with Crippen LogP contribution in [0.2, 0.25) is 5.02 Å². The number of halogens is 1. The number of carbonyl (C=O) groups excluding carboxylic acids is 1. The Bertz CT molecular complexity index is 819. The number of nitrogens with one attached hydrogen (secondary N) is 1. The van der Waals surface area contributed by atoms with Gasteiger partial charge in [0.05, 0.1) is 18.2 Å². The van der Waals surface area contributed by atoms with E-state index in [0.29, 0.717) is 24.5 Å². The third kappa shape index (κ3) is 5.12. The van der Waals surface area contributed by atoms with Crippen LogP contribution in [-0.2, 0) is 9.53 Å². The Morgan fingerprint density at radius 3 is 2.48 bits per heavy atom. The van der Waals surface area contributed by atoms with Crippen molar-refractivity contribution in [2.45, 2.75) is 0 Å². The first-order chi connectivity index (χ1) is 13.0. The number of amides is 1. The van der Waals surface area contributed by atoms with Gasteiger partial charge in [0.1, 0.15) is 5.75 Å². The molecule has 7 nitrogen and oxygen atoms in total. The largest absolute Gasteiger partial charge is 0.480 e. The fourth-order valence-corrected chi connectivity index (χ4v) is 2.92. The monoisotopic (exact) mass is 390 g/mol. The first-order valence-corrected chi connectivity index (χ1v) is 8.79. The van der Waals surface area contributed by atoms with E-state index in [1.807, 2.05) is 12.1 Å². The summed E-state index contributed by atoms with van der Waals surface area (Å²) >= 11 is 6.06. The molecular weight excluding hydrogens is 372 g/mol. The van der Waals surface area contributed by atoms with Gasteiger partial charge in [0.25, 0.3) is 5.91 Å². The number of carbonyl (C=O) groups is 2. The topological polar surface area (TPSA) is 88.1 Å². The summed E-state index contributed by atoms with van der Waals surface area (Å²) in [6.07, 6.45) is 0. The molecule has 2 N–H and O–H groups in total. The SMILES string of the molecule is O=C(O)COc1ccc(NC(=O)c2ccc(N3CCOCC3)cc2)cc1Cl. The van der Waals surface area contributed by atoms with E-state index in [1.54, 1.807) is 18.2 Å². The molecule has 1 fully saturated rings. The summed E-state index contributed by atoms with van der Waals surface area (Å²) in [5, 5.41) is 11.6. The van der Waals surface area contributed by atoms with Crippen LogP contribution in [0.3, 0.4) is 0 Å². The van der Waals surface area contributed by atoms with Gasteiger partial charge in [-0.25, -0.2) is 4.79 Å². The highest BCUT2D eigenvalue weighted by Crippen LogP contribution is 2.28. The van der Waals surface area contributed by atoms with Crippen molar-refractivity contribution < 1.29 is 24.2 Å². The molecule has 1 aliphatic heterocycles. The molecule has 1 aliphatic rings. The molecule has 142 valence electrons. The lowest BCUT2D eigenvalue weighted by atomic mass is 10.1. The second-order valence-corrected chi connectivity index (χ2v) is 6.34. The number of aliphatic carboxylic acids is 1. The van der Waals surface area contributed by atoms with Crippen molar-refractivity contribution in [3.05, 3.63) is 53.1 Å². The normalized spacial score (nSPS) is 13.9. The van der Waals surface area contributed by atoms with E-state index in [4.69, 9.17) is 26.2 Å². The van der Waals surface area contributed by atoms with Gasteiger partial charge in [0.2, 0.25) is 0 Å². The van der Waals surface area contributed by atoms with Crippen LogP contribution in [0.1, 0.15) is 10.4 Å². The molecule has 0 bridgehead atoms. The van der Waals surface area contributed by atoms with Crippen molar-refractivity contribution in [1.82, 2.24) is 0 Å². The minimum Gasteiger partial charge on any atom is -0.480 e. The van der Waals surface area contributed by atoms with Crippen LogP contribution in [-0.4, -0.2) is 49.9 Å². The lowest BCUT2D eigenvalue weighted by Gasteiger charge is -2.28. The van der Waals surface area contributed by atoms with Crippen LogP contribution < -0.4 is 15.0 Å². The predicted molar refractivity (Wildman–Crippen MR) is 102 cm³/mol. The van der Waals surface area contributed by atoms with Crippen LogP contribution in [0.25, 0.3) is 0 Å². The van der Waals surface area contributed by atoms with Crippen molar-refractivity contribution in [2.24, 2.45) is 0 Å². The van der Waals surface area contributed by atoms with E-state index in [0.717, 1.165) is 18.8 Å². The van der Waals surface area contributed by atoms with E-state index in [9.17, 15) is 9.59 Å². The molecule has 1 saturated heterocycles. The lowest BCUT2D eigenvalue weighted by molar-refractivity contribution is -0.139. The first kappa shape index (κ1) is 19.0. The molecule has 27 heavy (non-hydrogen) atoms. The first-order valence-electron chi connectivity index (χ1n) is 8.41. The van der Waals surface area contributed by atoms with E-state index < -0.39 is 12.6 Å². The number of carboxylic acids is 1. The van der Waals surface area contributed by atoms with Crippen molar-refractivity contribution in [3.63, 3.8) is 0 Å². The minimum absolute atomic E-state index is 0.219. The van der Waals surface area contributed by atoms with Crippen LogP contribution in [0, 0.1) is 0 Å². The van der Waals surface area contributed by atoms with Gasteiger partial charge < -0.3 is 24.8 Å². The van der Waals surface area contributed by atoms with E-state index >= 15 is 0 Å². The molecule has 2 aromatic rings. The molecule has 1 heterocycles. The van der Waals surface area contributed by atoms with Crippen LogP contribution in [0.5, 0.6) is 5.75 Å². The highest BCUT2D eigenvalue weighted by Gasteiger charge is 2.13. The maximum atomic E-state index is 12.4. The number of anilines is 2. The average Bonchev–Trinajstić information content (AvgIpc) is 2.68. The number of benzene rings is 2. The second kappa shape index (κ2) is 8.75. The van der Waals surface area contributed by atoms with Gasteiger partial charge in [-0.3, -0.25) is 4.79 Å². The fourth-order valence-electron chi connectivity index (χ4n) is 2.68. The molecule has 0 unspecified atom stereocenters. The third-order valence-electron chi connectivity index (χ3n) is 4.05. The smallest absolute Gasteiger partial charge is 0.341 e.